The highest BCUT2D eigenvalue weighted by Gasteiger charge is 2.38. The normalized spacial score (nSPS) is 11.6. The van der Waals surface area contributed by atoms with Crippen LogP contribution >= 0.6 is 0 Å². The van der Waals surface area contributed by atoms with E-state index in [0.717, 1.165) is 0 Å². The van der Waals surface area contributed by atoms with Crippen molar-refractivity contribution in [2.24, 2.45) is 0 Å². The summed E-state index contributed by atoms with van der Waals surface area (Å²) in [4.78, 5) is 15.9. The summed E-state index contributed by atoms with van der Waals surface area (Å²) in [5, 5.41) is 15.9. The highest BCUT2D eigenvalue weighted by Crippen LogP contribution is 2.29. The smallest absolute Gasteiger partial charge is 0.359 e. The molecule has 3 rings (SSSR count). The number of halogens is 3. The molecule has 26 heavy (non-hydrogen) atoms. The molecular weight excluding hydrogens is 351 g/mol. The van der Waals surface area contributed by atoms with Crippen LogP contribution < -0.4 is 10.6 Å². The number of aromatic nitrogens is 5. The Balaban J connectivity index is 1.83. The minimum Gasteiger partial charge on any atom is -0.359 e. The van der Waals surface area contributed by atoms with Crippen molar-refractivity contribution in [1.29, 1.82) is 0 Å². The summed E-state index contributed by atoms with van der Waals surface area (Å²) in [7, 11) is 0. The van der Waals surface area contributed by atoms with E-state index in [-0.39, 0.29) is 18.0 Å². The van der Waals surface area contributed by atoms with E-state index in [2.05, 4.69) is 30.9 Å². The number of anilines is 2. The highest BCUT2D eigenvalue weighted by atomic mass is 19.4. The third-order valence-corrected chi connectivity index (χ3v) is 3.70. The third kappa shape index (κ3) is 3.41. The van der Waals surface area contributed by atoms with E-state index in [1.807, 2.05) is 0 Å². The van der Waals surface area contributed by atoms with Gasteiger partial charge >= 0.3 is 6.18 Å². The molecule has 2 N–H and O–H groups in total. The van der Waals surface area contributed by atoms with Crippen LogP contribution in [-0.2, 0) is 11.0 Å². The Morgan fingerprint density at radius 1 is 1.19 bits per heavy atom. The van der Waals surface area contributed by atoms with E-state index in [4.69, 9.17) is 0 Å². The SMILES string of the molecule is Cc1c(NCC(=O)Nc2ccccn2)nn2c(C(F)(F)F)nnc2c1C. The van der Waals surface area contributed by atoms with Crippen molar-refractivity contribution < 1.29 is 18.0 Å². The number of alkyl halides is 3. The van der Waals surface area contributed by atoms with E-state index in [1.165, 1.54) is 6.20 Å². The molecule has 1 amide bonds. The fourth-order valence-corrected chi connectivity index (χ4v) is 2.26. The molecule has 0 saturated carbocycles. The first-order chi connectivity index (χ1) is 12.3. The molecule has 0 aliphatic heterocycles. The van der Waals surface area contributed by atoms with Crippen LogP contribution in [0.2, 0.25) is 0 Å². The predicted octanol–water partition coefficient (Wildman–Crippen LogP) is 2.21. The highest BCUT2D eigenvalue weighted by molar-refractivity contribution is 5.92. The van der Waals surface area contributed by atoms with Crippen molar-refractivity contribution in [2.45, 2.75) is 20.0 Å². The van der Waals surface area contributed by atoms with Gasteiger partial charge in [0.15, 0.2) is 11.5 Å². The van der Waals surface area contributed by atoms with Crippen molar-refractivity contribution >= 4 is 23.2 Å². The molecule has 0 aliphatic carbocycles. The van der Waals surface area contributed by atoms with Crippen LogP contribution in [0.15, 0.2) is 24.4 Å². The quantitative estimate of drug-likeness (QED) is 0.736. The van der Waals surface area contributed by atoms with Gasteiger partial charge in [0.25, 0.3) is 5.82 Å². The molecule has 3 aromatic heterocycles. The van der Waals surface area contributed by atoms with Gasteiger partial charge in [0.1, 0.15) is 5.82 Å². The fourth-order valence-electron chi connectivity index (χ4n) is 2.26. The molecule has 0 fully saturated rings. The molecule has 0 atom stereocenters. The first-order valence-electron chi connectivity index (χ1n) is 7.52. The predicted molar refractivity (Wildman–Crippen MR) is 86.6 cm³/mol. The van der Waals surface area contributed by atoms with Gasteiger partial charge in [-0.05, 0) is 31.5 Å². The zero-order valence-electron chi connectivity index (χ0n) is 13.8. The fraction of sp³-hybridized carbons (Fsp3) is 0.267. The Bertz CT molecular complexity index is 953. The molecule has 0 spiro atoms. The Morgan fingerprint density at radius 2 is 1.96 bits per heavy atom. The average molecular weight is 365 g/mol. The minimum absolute atomic E-state index is 0.0123. The molecule has 3 aromatic rings. The molecule has 0 radical (unpaired) electrons. The van der Waals surface area contributed by atoms with Crippen LogP contribution in [0.4, 0.5) is 24.8 Å². The molecule has 0 aromatic carbocycles. The molecule has 0 aliphatic rings. The van der Waals surface area contributed by atoms with Crippen LogP contribution in [0.25, 0.3) is 5.65 Å². The molecule has 136 valence electrons. The number of carbonyl (C=O) groups is 1. The largest absolute Gasteiger partial charge is 0.453 e. The average Bonchev–Trinajstić information content (AvgIpc) is 3.02. The second kappa shape index (κ2) is 6.58. The lowest BCUT2D eigenvalue weighted by Gasteiger charge is -2.12. The second-order valence-corrected chi connectivity index (χ2v) is 5.47. The van der Waals surface area contributed by atoms with Crippen molar-refractivity contribution in [3.63, 3.8) is 0 Å². The summed E-state index contributed by atoms with van der Waals surface area (Å²) in [6, 6.07) is 5.03. The van der Waals surface area contributed by atoms with Crippen LogP contribution in [0.3, 0.4) is 0 Å². The Labute approximate surface area is 145 Å². The Morgan fingerprint density at radius 3 is 2.62 bits per heavy atom. The molecule has 0 saturated heterocycles. The van der Waals surface area contributed by atoms with Gasteiger partial charge < -0.3 is 10.6 Å². The number of aryl methyl sites for hydroxylation is 1. The third-order valence-electron chi connectivity index (χ3n) is 3.70. The second-order valence-electron chi connectivity index (χ2n) is 5.47. The van der Waals surface area contributed by atoms with Crippen molar-refractivity contribution in [1.82, 2.24) is 24.8 Å². The summed E-state index contributed by atoms with van der Waals surface area (Å²) in [5.41, 5.74) is 1.07. The summed E-state index contributed by atoms with van der Waals surface area (Å²) in [5.74, 6) is -1.13. The number of fused-ring (bicyclic) bond motifs is 1. The van der Waals surface area contributed by atoms with Gasteiger partial charge in [-0.1, -0.05) is 6.07 Å². The summed E-state index contributed by atoms with van der Waals surface area (Å²) < 4.78 is 39.7. The molecule has 0 bridgehead atoms. The van der Waals surface area contributed by atoms with E-state index >= 15 is 0 Å². The van der Waals surface area contributed by atoms with E-state index in [0.29, 0.717) is 21.5 Å². The monoisotopic (exact) mass is 365 g/mol. The van der Waals surface area contributed by atoms with Gasteiger partial charge in [-0.15, -0.1) is 15.3 Å². The van der Waals surface area contributed by atoms with Crippen LogP contribution in [-0.4, -0.2) is 37.2 Å². The van der Waals surface area contributed by atoms with Crippen LogP contribution in [0.5, 0.6) is 0 Å². The molecule has 0 unspecified atom stereocenters. The van der Waals surface area contributed by atoms with Gasteiger partial charge in [-0.2, -0.15) is 17.7 Å². The zero-order chi connectivity index (χ0) is 18.9. The molecule has 3 heterocycles. The number of amides is 1. The van der Waals surface area contributed by atoms with E-state index in [9.17, 15) is 18.0 Å². The van der Waals surface area contributed by atoms with Gasteiger partial charge in [0.2, 0.25) is 5.91 Å². The molecule has 8 nitrogen and oxygen atoms in total. The standard InChI is InChI=1S/C15H14F3N7O/c1-8-9(2)13-22-23-14(15(16,17)18)25(13)24-12(8)20-7-11(26)21-10-5-3-4-6-19-10/h3-6H,7H2,1-2H3,(H,20,24)(H,19,21,26). The number of hydrogen-bond acceptors (Lipinski definition) is 6. The van der Waals surface area contributed by atoms with Gasteiger partial charge in [0.05, 0.1) is 6.54 Å². The molecule has 11 heteroatoms. The van der Waals surface area contributed by atoms with Crippen LogP contribution in [0, 0.1) is 13.8 Å². The van der Waals surface area contributed by atoms with E-state index < -0.39 is 17.9 Å². The Kier molecular flexibility index (Phi) is 4.45. The van der Waals surface area contributed by atoms with Crippen molar-refractivity contribution in [3.8, 4) is 0 Å². The Hall–Kier alpha value is -3.24. The number of rotatable bonds is 4. The first-order valence-corrected chi connectivity index (χ1v) is 7.52. The van der Waals surface area contributed by atoms with Crippen molar-refractivity contribution in [3.05, 3.63) is 41.3 Å². The minimum atomic E-state index is -4.69. The number of nitrogens with zero attached hydrogens (tertiary/aromatic N) is 5. The zero-order valence-corrected chi connectivity index (χ0v) is 13.8. The first kappa shape index (κ1) is 17.6. The van der Waals surface area contributed by atoms with Crippen molar-refractivity contribution in [2.75, 3.05) is 17.2 Å². The summed E-state index contributed by atoms with van der Waals surface area (Å²) >= 11 is 0. The maximum atomic E-state index is 13.0. The van der Waals surface area contributed by atoms with Crippen LogP contribution in [0.1, 0.15) is 17.0 Å². The molecular formula is C15H14F3N7O. The van der Waals surface area contributed by atoms with Gasteiger partial charge in [-0.25, -0.2) is 4.98 Å². The summed E-state index contributed by atoms with van der Waals surface area (Å²) in [6.45, 7) is 3.09. The number of hydrogen-bond donors (Lipinski definition) is 2. The maximum absolute atomic E-state index is 13.0. The van der Waals surface area contributed by atoms with Gasteiger partial charge in [0, 0.05) is 11.8 Å². The van der Waals surface area contributed by atoms with E-state index in [1.54, 1.807) is 32.0 Å². The number of pyridine rings is 1. The lowest BCUT2D eigenvalue weighted by Crippen LogP contribution is -2.24. The number of nitrogens with one attached hydrogen (secondary N) is 2. The summed E-state index contributed by atoms with van der Waals surface area (Å²) in [6.07, 6.45) is -3.17. The van der Waals surface area contributed by atoms with Gasteiger partial charge in [-0.3, -0.25) is 4.79 Å². The lowest BCUT2D eigenvalue weighted by molar-refractivity contribution is -0.146. The topological polar surface area (TPSA) is 97.1 Å². The maximum Gasteiger partial charge on any atom is 0.453 e. The lowest BCUT2D eigenvalue weighted by atomic mass is 10.2. The number of carbonyl (C=O) groups excluding carboxylic acids is 1.